The number of nitrogens with one attached hydrogen (secondary N) is 1. The fourth-order valence-electron chi connectivity index (χ4n) is 1.33. The first-order valence-corrected chi connectivity index (χ1v) is 5.68. The second-order valence-corrected chi connectivity index (χ2v) is 4.21. The molecule has 0 saturated heterocycles. The summed E-state index contributed by atoms with van der Waals surface area (Å²) >= 11 is 11.4. The fourth-order valence-corrected chi connectivity index (χ4v) is 1.64. The van der Waals surface area contributed by atoms with Crippen LogP contribution in [-0.2, 0) is 6.54 Å². The van der Waals surface area contributed by atoms with Gasteiger partial charge in [0.05, 0.1) is 5.69 Å². The molecule has 1 heterocycles. The molecule has 18 heavy (non-hydrogen) atoms. The van der Waals surface area contributed by atoms with Crippen LogP contribution in [0.25, 0.3) is 0 Å². The van der Waals surface area contributed by atoms with E-state index >= 15 is 0 Å². The Balaban J connectivity index is 2.13. The SMILES string of the molecule is Fc1ccc(CNc2cc(Cl)nnc2Cl)c(F)c1. The molecule has 1 N–H and O–H groups in total. The van der Waals surface area contributed by atoms with Gasteiger partial charge in [-0.3, -0.25) is 0 Å². The number of halogens is 4. The molecule has 3 nitrogen and oxygen atoms in total. The van der Waals surface area contributed by atoms with Crippen molar-refractivity contribution in [2.75, 3.05) is 5.32 Å². The third-order valence-corrected chi connectivity index (χ3v) is 2.67. The fraction of sp³-hybridized carbons (Fsp3) is 0.0909. The summed E-state index contributed by atoms with van der Waals surface area (Å²) in [6.07, 6.45) is 0. The third-order valence-electron chi connectivity index (χ3n) is 2.20. The number of rotatable bonds is 3. The number of hydrogen-bond acceptors (Lipinski definition) is 3. The molecular formula is C11H7Cl2F2N3. The van der Waals surface area contributed by atoms with Gasteiger partial charge in [0.15, 0.2) is 10.3 Å². The largest absolute Gasteiger partial charge is 0.378 e. The van der Waals surface area contributed by atoms with Crippen LogP contribution in [0, 0.1) is 11.6 Å². The molecule has 0 unspecified atom stereocenters. The summed E-state index contributed by atoms with van der Waals surface area (Å²) in [5.41, 5.74) is 0.737. The summed E-state index contributed by atoms with van der Waals surface area (Å²) in [4.78, 5) is 0. The van der Waals surface area contributed by atoms with Crippen LogP contribution in [-0.4, -0.2) is 10.2 Å². The zero-order chi connectivity index (χ0) is 13.1. The van der Waals surface area contributed by atoms with Crippen LogP contribution in [0.5, 0.6) is 0 Å². The van der Waals surface area contributed by atoms with E-state index in [1.807, 2.05) is 0 Å². The number of anilines is 1. The van der Waals surface area contributed by atoms with Crippen molar-refractivity contribution in [2.24, 2.45) is 0 Å². The number of hydrogen-bond donors (Lipinski definition) is 1. The van der Waals surface area contributed by atoms with Gasteiger partial charge in [0, 0.05) is 24.2 Å². The summed E-state index contributed by atoms with van der Waals surface area (Å²) in [5, 5.41) is 10.3. The highest BCUT2D eigenvalue weighted by atomic mass is 35.5. The smallest absolute Gasteiger partial charge is 0.174 e. The van der Waals surface area contributed by atoms with Crippen molar-refractivity contribution in [1.29, 1.82) is 0 Å². The van der Waals surface area contributed by atoms with Crippen molar-refractivity contribution in [3.05, 3.63) is 51.8 Å². The van der Waals surface area contributed by atoms with E-state index < -0.39 is 11.6 Å². The Morgan fingerprint density at radius 2 is 1.89 bits per heavy atom. The van der Waals surface area contributed by atoms with E-state index in [-0.39, 0.29) is 16.9 Å². The van der Waals surface area contributed by atoms with E-state index in [0.29, 0.717) is 11.3 Å². The van der Waals surface area contributed by atoms with Gasteiger partial charge in [-0.25, -0.2) is 8.78 Å². The molecule has 2 aromatic rings. The van der Waals surface area contributed by atoms with Crippen molar-refractivity contribution in [2.45, 2.75) is 6.54 Å². The van der Waals surface area contributed by atoms with Gasteiger partial charge >= 0.3 is 0 Å². The van der Waals surface area contributed by atoms with Crippen LogP contribution >= 0.6 is 23.2 Å². The lowest BCUT2D eigenvalue weighted by Gasteiger charge is -2.08. The zero-order valence-corrected chi connectivity index (χ0v) is 10.4. The molecule has 94 valence electrons. The minimum absolute atomic E-state index is 0.127. The lowest BCUT2D eigenvalue weighted by Crippen LogP contribution is -2.03. The van der Waals surface area contributed by atoms with Gasteiger partial charge < -0.3 is 5.32 Å². The lowest BCUT2D eigenvalue weighted by atomic mass is 10.2. The molecule has 0 amide bonds. The topological polar surface area (TPSA) is 37.8 Å². The summed E-state index contributed by atoms with van der Waals surface area (Å²) in [7, 11) is 0. The maximum atomic E-state index is 13.4. The second-order valence-electron chi connectivity index (χ2n) is 3.46. The molecule has 0 atom stereocenters. The van der Waals surface area contributed by atoms with Gasteiger partial charge in [-0.2, -0.15) is 0 Å². The Morgan fingerprint density at radius 1 is 1.11 bits per heavy atom. The van der Waals surface area contributed by atoms with E-state index in [2.05, 4.69) is 15.5 Å². The first-order valence-electron chi connectivity index (χ1n) is 4.93. The van der Waals surface area contributed by atoms with Crippen LogP contribution in [0.4, 0.5) is 14.5 Å². The third kappa shape index (κ3) is 3.05. The predicted octanol–water partition coefficient (Wildman–Crippen LogP) is 3.67. The average molecular weight is 290 g/mol. The number of benzene rings is 1. The van der Waals surface area contributed by atoms with Crippen LogP contribution in [0.1, 0.15) is 5.56 Å². The molecule has 0 radical (unpaired) electrons. The van der Waals surface area contributed by atoms with Crippen molar-refractivity contribution >= 4 is 28.9 Å². The summed E-state index contributed by atoms with van der Waals surface area (Å²) in [6.45, 7) is 0.133. The number of aromatic nitrogens is 2. The molecule has 0 aliphatic rings. The van der Waals surface area contributed by atoms with Crippen LogP contribution in [0.15, 0.2) is 24.3 Å². The van der Waals surface area contributed by atoms with E-state index in [0.717, 1.165) is 6.07 Å². The quantitative estimate of drug-likeness (QED) is 0.937. The summed E-state index contributed by atoms with van der Waals surface area (Å²) in [5.74, 6) is -1.25. The van der Waals surface area contributed by atoms with Crippen molar-refractivity contribution in [3.63, 3.8) is 0 Å². The Labute approximate surface area is 112 Å². The summed E-state index contributed by atoms with van der Waals surface area (Å²) < 4.78 is 26.1. The molecular weight excluding hydrogens is 283 g/mol. The highest BCUT2D eigenvalue weighted by Crippen LogP contribution is 2.22. The molecule has 0 spiro atoms. The minimum Gasteiger partial charge on any atom is -0.378 e. The first-order chi connectivity index (χ1) is 8.56. The van der Waals surface area contributed by atoms with Gasteiger partial charge in [-0.15, -0.1) is 10.2 Å². The van der Waals surface area contributed by atoms with Crippen molar-refractivity contribution in [1.82, 2.24) is 10.2 Å². The Bertz CT molecular complexity index is 578. The normalized spacial score (nSPS) is 10.4. The second kappa shape index (κ2) is 5.46. The Hall–Kier alpha value is -1.46. The van der Waals surface area contributed by atoms with Crippen molar-refractivity contribution in [3.8, 4) is 0 Å². The highest BCUT2D eigenvalue weighted by molar-refractivity contribution is 6.33. The van der Waals surface area contributed by atoms with Gasteiger partial charge in [0.25, 0.3) is 0 Å². The Kier molecular flexibility index (Phi) is 3.93. The molecule has 0 aliphatic carbocycles. The average Bonchev–Trinajstić information content (AvgIpc) is 2.32. The molecule has 1 aromatic heterocycles. The molecule has 0 aliphatic heterocycles. The predicted molar refractivity (Wildman–Crippen MR) is 65.7 cm³/mol. The van der Waals surface area contributed by atoms with E-state index in [1.54, 1.807) is 0 Å². The number of nitrogens with zero attached hydrogens (tertiary/aromatic N) is 2. The van der Waals surface area contributed by atoms with Crippen LogP contribution < -0.4 is 5.32 Å². The van der Waals surface area contributed by atoms with Gasteiger partial charge in [0.1, 0.15) is 11.6 Å². The van der Waals surface area contributed by atoms with Gasteiger partial charge in [-0.1, -0.05) is 29.3 Å². The highest BCUT2D eigenvalue weighted by Gasteiger charge is 2.07. The molecule has 0 bridgehead atoms. The van der Waals surface area contributed by atoms with Gasteiger partial charge in [0.2, 0.25) is 0 Å². The molecule has 7 heteroatoms. The van der Waals surface area contributed by atoms with E-state index in [4.69, 9.17) is 23.2 Å². The lowest BCUT2D eigenvalue weighted by molar-refractivity contribution is 0.574. The zero-order valence-electron chi connectivity index (χ0n) is 8.92. The maximum absolute atomic E-state index is 13.4. The van der Waals surface area contributed by atoms with E-state index in [9.17, 15) is 8.78 Å². The van der Waals surface area contributed by atoms with Crippen LogP contribution in [0.3, 0.4) is 0 Å². The van der Waals surface area contributed by atoms with Crippen molar-refractivity contribution < 1.29 is 8.78 Å². The molecule has 0 saturated carbocycles. The first kappa shape index (κ1) is 13.0. The minimum atomic E-state index is -0.633. The molecule has 0 fully saturated rings. The maximum Gasteiger partial charge on any atom is 0.174 e. The Morgan fingerprint density at radius 3 is 2.61 bits per heavy atom. The van der Waals surface area contributed by atoms with Crippen LogP contribution in [0.2, 0.25) is 10.3 Å². The monoisotopic (exact) mass is 289 g/mol. The summed E-state index contributed by atoms with van der Waals surface area (Å²) in [6, 6.07) is 4.82. The molecule has 1 aromatic carbocycles. The van der Waals surface area contributed by atoms with Gasteiger partial charge in [-0.05, 0) is 6.07 Å². The molecule has 2 rings (SSSR count). The standard InChI is InChI=1S/C11H7Cl2F2N3/c12-10-4-9(11(13)18-17-10)16-5-6-1-2-7(14)3-8(6)15/h1-4H,5H2,(H,16,17). The van der Waals surface area contributed by atoms with E-state index in [1.165, 1.54) is 18.2 Å².